The summed E-state index contributed by atoms with van der Waals surface area (Å²) in [5.74, 6) is 0.793. The van der Waals surface area contributed by atoms with E-state index >= 15 is 0 Å². The van der Waals surface area contributed by atoms with Crippen molar-refractivity contribution in [2.45, 2.75) is 19.8 Å². The molecule has 2 heterocycles. The molecule has 3 rings (SSSR count). The molecular weight excluding hydrogens is 369 g/mol. The van der Waals surface area contributed by atoms with E-state index in [1.54, 1.807) is 0 Å². The van der Waals surface area contributed by atoms with Crippen LogP contribution < -0.4 is 5.32 Å². The number of likely N-dealkylation sites (tertiary alicyclic amines) is 1. The zero-order chi connectivity index (χ0) is 16.9. The highest BCUT2D eigenvalue weighted by molar-refractivity contribution is 5.95. The van der Waals surface area contributed by atoms with Crippen LogP contribution in [0.15, 0.2) is 42.5 Å². The first-order chi connectivity index (χ1) is 11.7. The van der Waals surface area contributed by atoms with Crippen LogP contribution >= 0.6 is 24.8 Å². The normalized spacial score (nSPS) is 14.3. The Morgan fingerprint density at radius 2 is 1.77 bits per heavy atom. The predicted octanol–water partition coefficient (Wildman–Crippen LogP) is 3.97. The molecule has 0 bridgehead atoms. The Kier molecular flexibility index (Phi) is 9.06. The summed E-state index contributed by atoms with van der Waals surface area (Å²) < 4.78 is 0. The first-order valence-electron chi connectivity index (χ1n) is 8.66. The fraction of sp³-hybridized carbons (Fsp3) is 0.400. The molecule has 2 aromatic rings. The molecule has 1 aliphatic heterocycles. The minimum atomic E-state index is 0. The van der Waals surface area contributed by atoms with Crippen LogP contribution in [0, 0.1) is 12.8 Å². The van der Waals surface area contributed by atoms with Gasteiger partial charge in [-0.2, -0.15) is 0 Å². The fourth-order valence-electron chi connectivity index (χ4n) is 3.36. The summed E-state index contributed by atoms with van der Waals surface area (Å²) in [4.78, 5) is 19.4. The van der Waals surface area contributed by atoms with Crippen LogP contribution in [0.5, 0.6) is 0 Å². The zero-order valence-electron chi connectivity index (χ0n) is 15.3. The van der Waals surface area contributed by atoms with E-state index in [2.05, 4.69) is 10.3 Å². The van der Waals surface area contributed by atoms with Crippen molar-refractivity contribution in [1.82, 2.24) is 15.2 Å². The number of nitrogens with zero attached hydrogens (tertiary/aromatic N) is 2. The molecule has 1 aliphatic rings. The molecule has 0 unspecified atom stereocenters. The van der Waals surface area contributed by atoms with E-state index in [0.29, 0.717) is 5.92 Å². The average Bonchev–Trinajstić information content (AvgIpc) is 2.63. The van der Waals surface area contributed by atoms with Crippen LogP contribution in [0.25, 0.3) is 11.3 Å². The molecule has 26 heavy (non-hydrogen) atoms. The summed E-state index contributed by atoms with van der Waals surface area (Å²) in [6, 6.07) is 13.9. The third kappa shape index (κ3) is 5.19. The van der Waals surface area contributed by atoms with Crippen molar-refractivity contribution in [2.75, 3.05) is 26.7 Å². The Bertz CT molecular complexity index is 701. The summed E-state index contributed by atoms with van der Waals surface area (Å²) in [6.07, 6.45) is 2.14. The number of piperidine rings is 1. The number of benzene rings is 1. The Morgan fingerprint density at radius 1 is 1.12 bits per heavy atom. The van der Waals surface area contributed by atoms with Crippen molar-refractivity contribution in [3.63, 3.8) is 0 Å². The second-order valence-electron chi connectivity index (χ2n) is 6.49. The maximum absolute atomic E-state index is 12.8. The fourth-order valence-corrected chi connectivity index (χ4v) is 3.36. The lowest BCUT2D eigenvalue weighted by Crippen LogP contribution is -2.40. The van der Waals surface area contributed by atoms with Crippen molar-refractivity contribution >= 4 is 30.7 Å². The van der Waals surface area contributed by atoms with E-state index in [1.807, 2.05) is 61.3 Å². The van der Waals surface area contributed by atoms with Crippen molar-refractivity contribution in [3.8, 4) is 11.3 Å². The average molecular weight is 396 g/mol. The molecule has 1 aromatic heterocycles. The number of aromatic nitrogens is 1. The smallest absolute Gasteiger partial charge is 0.255 e. The highest BCUT2D eigenvalue weighted by Crippen LogP contribution is 2.22. The van der Waals surface area contributed by atoms with E-state index in [0.717, 1.165) is 55.0 Å². The van der Waals surface area contributed by atoms with Gasteiger partial charge < -0.3 is 10.2 Å². The van der Waals surface area contributed by atoms with Crippen LogP contribution in [0.2, 0.25) is 0 Å². The van der Waals surface area contributed by atoms with Crippen LogP contribution in [0.4, 0.5) is 0 Å². The molecule has 6 heteroatoms. The van der Waals surface area contributed by atoms with Gasteiger partial charge in [0.2, 0.25) is 0 Å². The largest absolute Gasteiger partial charge is 0.339 e. The zero-order valence-corrected chi connectivity index (χ0v) is 16.9. The van der Waals surface area contributed by atoms with Crippen LogP contribution in [-0.4, -0.2) is 42.5 Å². The molecule has 1 N–H and O–H groups in total. The third-order valence-corrected chi connectivity index (χ3v) is 4.78. The molecule has 0 atom stereocenters. The molecule has 4 nitrogen and oxygen atoms in total. The van der Waals surface area contributed by atoms with Gasteiger partial charge in [0, 0.05) is 18.7 Å². The maximum Gasteiger partial charge on any atom is 0.255 e. The van der Waals surface area contributed by atoms with Gasteiger partial charge in [0.05, 0.1) is 17.0 Å². The van der Waals surface area contributed by atoms with E-state index in [4.69, 9.17) is 0 Å². The Labute approximate surface area is 168 Å². The molecular formula is C20H27Cl2N3O. The Balaban J connectivity index is 0.00000169. The van der Waals surface area contributed by atoms with Crippen molar-refractivity contribution < 1.29 is 4.79 Å². The molecule has 0 spiro atoms. The molecule has 0 radical (unpaired) electrons. The minimum Gasteiger partial charge on any atom is -0.339 e. The first-order valence-corrected chi connectivity index (χ1v) is 8.66. The summed E-state index contributed by atoms with van der Waals surface area (Å²) in [7, 11) is 1.99. The number of rotatable bonds is 4. The van der Waals surface area contributed by atoms with E-state index in [9.17, 15) is 4.79 Å². The molecule has 1 aromatic carbocycles. The summed E-state index contributed by atoms with van der Waals surface area (Å²) in [6.45, 7) is 4.64. The second kappa shape index (κ2) is 10.5. The summed E-state index contributed by atoms with van der Waals surface area (Å²) >= 11 is 0. The molecule has 0 saturated carbocycles. The number of halogens is 2. The second-order valence-corrected chi connectivity index (χ2v) is 6.49. The SMILES string of the molecule is CNCC1CCN(C(=O)c2ccc(-c3ccccc3)nc2C)CC1.Cl.Cl. The van der Waals surface area contributed by atoms with Crippen LogP contribution in [0.3, 0.4) is 0 Å². The van der Waals surface area contributed by atoms with Crippen molar-refractivity contribution in [2.24, 2.45) is 5.92 Å². The van der Waals surface area contributed by atoms with Gasteiger partial charge in [0.25, 0.3) is 5.91 Å². The standard InChI is InChI=1S/C20H25N3O.2ClH/c1-15-18(8-9-19(22-15)17-6-4-3-5-7-17)20(24)23-12-10-16(11-13-23)14-21-2;;/h3-9,16,21H,10-14H2,1-2H3;2*1H. The van der Waals surface area contributed by atoms with Gasteiger partial charge in [-0.15, -0.1) is 24.8 Å². The molecule has 1 amide bonds. The topological polar surface area (TPSA) is 45.2 Å². The van der Waals surface area contributed by atoms with E-state index < -0.39 is 0 Å². The number of aryl methyl sites for hydroxylation is 1. The Hall–Kier alpha value is -1.62. The summed E-state index contributed by atoms with van der Waals surface area (Å²) in [5, 5.41) is 3.23. The van der Waals surface area contributed by atoms with Crippen LogP contribution in [0.1, 0.15) is 28.9 Å². The molecule has 1 saturated heterocycles. The van der Waals surface area contributed by atoms with Gasteiger partial charge >= 0.3 is 0 Å². The van der Waals surface area contributed by atoms with Crippen molar-refractivity contribution in [3.05, 3.63) is 53.7 Å². The minimum absolute atomic E-state index is 0. The lowest BCUT2D eigenvalue weighted by Gasteiger charge is -2.32. The number of nitrogens with one attached hydrogen (secondary N) is 1. The van der Waals surface area contributed by atoms with Gasteiger partial charge in [-0.1, -0.05) is 30.3 Å². The van der Waals surface area contributed by atoms with Crippen LogP contribution in [-0.2, 0) is 0 Å². The van der Waals surface area contributed by atoms with Gasteiger partial charge in [-0.25, -0.2) is 0 Å². The monoisotopic (exact) mass is 395 g/mol. The van der Waals surface area contributed by atoms with Gasteiger partial charge in [-0.3, -0.25) is 9.78 Å². The number of hydrogen-bond acceptors (Lipinski definition) is 3. The van der Waals surface area contributed by atoms with E-state index in [1.165, 1.54) is 0 Å². The highest BCUT2D eigenvalue weighted by atomic mass is 35.5. The predicted molar refractivity (Wildman–Crippen MR) is 111 cm³/mol. The van der Waals surface area contributed by atoms with Gasteiger partial charge in [-0.05, 0) is 51.4 Å². The number of carbonyl (C=O) groups is 1. The molecule has 0 aliphatic carbocycles. The number of carbonyl (C=O) groups excluding carboxylic acids is 1. The highest BCUT2D eigenvalue weighted by Gasteiger charge is 2.24. The molecule has 142 valence electrons. The lowest BCUT2D eigenvalue weighted by molar-refractivity contribution is 0.0689. The number of pyridine rings is 1. The lowest BCUT2D eigenvalue weighted by atomic mass is 9.96. The first kappa shape index (κ1) is 22.4. The molecule has 1 fully saturated rings. The Morgan fingerprint density at radius 3 is 2.35 bits per heavy atom. The quantitative estimate of drug-likeness (QED) is 0.851. The van der Waals surface area contributed by atoms with E-state index in [-0.39, 0.29) is 30.7 Å². The third-order valence-electron chi connectivity index (χ3n) is 4.78. The van der Waals surface area contributed by atoms with Gasteiger partial charge in [0.1, 0.15) is 0 Å². The number of hydrogen-bond donors (Lipinski definition) is 1. The van der Waals surface area contributed by atoms with Crippen molar-refractivity contribution in [1.29, 1.82) is 0 Å². The maximum atomic E-state index is 12.8. The number of amides is 1. The summed E-state index contributed by atoms with van der Waals surface area (Å²) in [5.41, 5.74) is 3.52. The van der Waals surface area contributed by atoms with Gasteiger partial charge in [0.15, 0.2) is 0 Å².